The molecular weight excluding hydrogens is 220 g/mol. The normalized spacial score (nSPS) is 10.2. The number of aliphatic hydroxyl groups is 1. The molecule has 82 valence electrons. The fourth-order valence-electron chi connectivity index (χ4n) is 0.787. The molecule has 0 fully saturated rings. The molecule has 0 spiro atoms. The maximum Gasteiger partial charge on any atom is 0.337 e. The first kappa shape index (κ1) is 11.4. The maximum absolute atomic E-state index is 12.8. The van der Waals surface area contributed by atoms with E-state index in [2.05, 4.69) is 4.74 Å². The lowest BCUT2D eigenvalue weighted by atomic mass is 10.3. The van der Waals surface area contributed by atoms with Crippen LogP contribution in [0.2, 0.25) is 0 Å². The van der Waals surface area contributed by atoms with Gasteiger partial charge in [-0.25, -0.2) is 13.6 Å². The van der Waals surface area contributed by atoms with Crippen molar-refractivity contribution in [1.82, 2.24) is 0 Å². The molecule has 15 heavy (non-hydrogen) atoms. The van der Waals surface area contributed by atoms with Crippen LogP contribution in [0.4, 0.5) is 17.6 Å². The van der Waals surface area contributed by atoms with Gasteiger partial charge in [-0.05, 0) is 0 Å². The van der Waals surface area contributed by atoms with Gasteiger partial charge in [-0.1, -0.05) is 0 Å². The predicted octanol–water partition coefficient (Wildman–Crippen LogP) is 1.14. The summed E-state index contributed by atoms with van der Waals surface area (Å²) in [4.78, 5) is 10.5. The van der Waals surface area contributed by atoms with Crippen molar-refractivity contribution < 1.29 is 32.2 Å². The Morgan fingerprint density at radius 1 is 1.20 bits per heavy atom. The van der Waals surface area contributed by atoms with E-state index in [0.29, 0.717) is 0 Å². The molecule has 0 aliphatic carbocycles. The molecule has 7 heteroatoms. The van der Waals surface area contributed by atoms with Crippen molar-refractivity contribution >= 4 is 5.97 Å². The molecule has 0 unspecified atom stereocenters. The molecule has 0 heterocycles. The van der Waals surface area contributed by atoms with Gasteiger partial charge in [0.1, 0.15) is 6.61 Å². The van der Waals surface area contributed by atoms with Crippen molar-refractivity contribution in [3.8, 4) is 5.75 Å². The third-order valence-corrected chi connectivity index (χ3v) is 1.42. The first-order valence-corrected chi connectivity index (χ1v) is 3.62. The summed E-state index contributed by atoms with van der Waals surface area (Å²) in [6, 6.07) is -0.0268. The van der Waals surface area contributed by atoms with E-state index in [0.717, 1.165) is 0 Å². The third-order valence-electron chi connectivity index (χ3n) is 1.42. The highest BCUT2D eigenvalue weighted by Crippen LogP contribution is 2.26. The molecule has 0 aliphatic heterocycles. The highest BCUT2D eigenvalue weighted by atomic mass is 19.2. The van der Waals surface area contributed by atoms with Crippen LogP contribution < -0.4 is 4.74 Å². The molecule has 0 bridgehead atoms. The van der Waals surface area contributed by atoms with Crippen LogP contribution in [0.25, 0.3) is 0 Å². The van der Waals surface area contributed by atoms with Crippen molar-refractivity contribution in [2.75, 3.05) is 6.61 Å². The van der Waals surface area contributed by atoms with Gasteiger partial charge in [0, 0.05) is 6.07 Å². The van der Waals surface area contributed by atoms with Gasteiger partial charge in [0.05, 0.1) is 0 Å². The number of benzene rings is 1. The molecule has 0 aromatic heterocycles. The summed E-state index contributed by atoms with van der Waals surface area (Å²) in [5.41, 5.74) is 0. The average Bonchev–Trinajstić information content (AvgIpc) is 2.21. The molecule has 3 nitrogen and oxygen atoms in total. The fourth-order valence-corrected chi connectivity index (χ4v) is 0.787. The number of hydrogen-bond acceptors (Lipinski definition) is 3. The van der Waals surface area contributed by atoms with Crippen molar-refractivity contribution in [3.63, 3.8) is 0 Å². The molecule has 1 N–H and O–H groups in total. The van der Waals surface area contributed by atoms with E-state index in [1.165, 1.54) is 0 Å². The summed E-state index contributed by atoms with van der Waals surface area (Å²) in [7, 11) is 0. The first-order valence-electron chi connectivity index (χ1n) is 3.62. The van der Waals surface area contributed by atoms with Gasteiger partial charge in [0.2, 0.25) is 17.4 Å². The Morgan fingerprint density at radius 3 is 2.07 bits per heavy atom. The number of halogens is 4. The zero-order chi connectivity index (χ0) is 11.6. The minimum atomic E-state index is -1.84. The molecule has 0 atom stereocenters. The smallest absolute Gasteiger partial charge is 0.337 e. The lowest BCUT2D eigenvalue weighted by molar-refractivity contribution is -0.137. The Balaban J connectivity index is 3.21. The molecule has 0 radical (unpaired) electrons. The summed E-state index contributed by atoms with van der Waals surface area (Å²) in [6.07, 6.45) is 0. The average molecular weight is 224 g/mol. The summed E-state index contributed by atoms with van der Waals surface area (Å²) < 4.78 is 54.5. The standard InChI is InChI=1S/C8H4F4O3/c9-3-1-4(10)7(12)8(6(3)11)15-5(14)2-13/h1,13H,2H2. The lowest BCUT2D eigenvalue weighted by Gasteiger charge is -2.06. The van der Waals surface area contributed by atoms with E-state index in [4.69, 9.17) is 5.11 Å². The van der Waals surface area contributed by atoms with Crippen LogP contribution in [-0.4, -0.2) is 17.7 Å². The van der Waals surface area contributed by atoms with Crippen molar-refractivity contribution in [2.45, 2.75) is 0 Å². The van der Waals surface area contributed by atoms with E-state index in [1.807, 2.05) is 0 Å². The van der Waals surface area contributed by atoms with E-state index in [9.17, 15) is 22.4 Å². The Kier molecular flexibility index (Phi) is 3.25. The van der Waals surface area contributed by atoms with Gasteiger partial charge >= 0.3 is 5.97 Å². The maximum atomic E-state index is 12.8. The molecule has 0 saturated heterocycles. The number of rotatable bonds is 2. The fraction of sp³-hybridized carbons (Fsp3) is 0.125. The van der Waals surface area contributed by atoms with E-state index >= 15 is 0 Å². The monoisotopic (exact) mass is 224 g/mol. The van der Waals surface area contributed by atoms with Crippen LogP contribution >= 0.6 is 0 Å². The zero-order valence-corrected chi connectivity index (χ0v) is 7.06. The predicted molar refractivity (Wildman–Crippen MR) is 39.0 cm³/mol. The van der Waals surface area contributed by atoms with E-state index in [1.54, 1.807) is 0 Å². The van der Waals surface area contributed by atoms with Crippen molar-refractivity contribution in [3.05, 3.63) is 29.3 Å². The van der Waals surface area contributed by atoms with Crippen LogP contribution in [0.5, 0.6) is 5.75 Å². The highest BCUT2D eigenvalue weighted by molar-refractivity contribution is 5.73. The third kappa shape index (κ3) is 2.24. The summed E-state index contributed by atoms with van der Waals surface area (Å²) in [5.74, 6) is -10.0. The Labute approximate surface area is 80.9 Å². The van der Waals surface area contributed by atoms with E-state index < -0.39 is 41.6 Å². The quantitative estimate of drug-likeness (QED) is 0.354. The number of esters is 1. The van der Waals surface area contributed by atoms with Crippen LogP contribution in [0.15, 0.2) is 6.07 Å². The lowest BCUT2D eigenvalue weighted by Crippen LogP contribution is -2.15. The van der Waals surface area contributed by atoms with Gasteiger partial charge in [0.25, 0.3) is 0 Å². The summed E-state index contributed by atoms with van der Waals surface area (Å²) in [5, 5.41) is 8.21. The first-order chi connectivity index (χ1) is 6.97. The van der Waals surface area contributed by atoms with Crippen molar-refractivity contribution in [1.29, 1.82) is 0 Å². The molecule has 0 saturated carbocycles. The van der Waals surface area contributed by atoms with Crippen LogP contribution in [0, 0.1) is 23.3 Å². The molecular formula is C8H4F4O3. The van der Waals surface area contributed by atoms with Gasteiger partial charge in [-0.2, -0.15) is 8.78 Å². The molecule has 0 amide bonds. The Bertz CT molecular complexity index is 379. The van der Waals surface area contributed by atoms with Gasteiger partial charge in [0.15, 0.2) is 11.6 Å². The highest BCUT2D eigenvalue weighted by Gasteiger charge is 2.22. The summed E-state index contributed by atoms with van der Waals surface area (Å²) >= 11 is 0. The second kappa shape index (κ2) is 4.26. The van der Waals surface area contributed by atoms with E-state index in [-0.39, 0.29) is 6.07 Å². The molecule has 0 aliphatic rings. The van der Waals surface area contributed by atoms with Gasteiger partial charge < -0.3 is 9.84 Å². The minimum absolute atomic E-state index is 0.0268. The number of hydrogen-bond donors (Lipinski definition) is 1. The minimum Gasteiger partial charge on any atom is -0.418 e. The number of carbonyl (C=O) groups excluding carboxylic acids is 1. The number of ether oxygens (including phenoxy) is 1. The van der Waals surface area contributed by atoms with Gasteiger partial charge in [-0.15, -0.1) is 0 Å². The largest absolute Gasteiger partial charge is 0.418 e. The second-order valence-electron chi connectivity index (χ2n) is 2.43. The molecule has 1 aromatic rings. The van der Waals surface area contributed by atoms with Gasteiger partial charge in [-0.3, -0.25) is 0 Å². The van der Waals surface area contributed by atoms with Crippen molar-refractivity contribution in [2.24, 2.45) is 0 Å². The summed E-state index contributed by atoms with van der Waals surface area (Å²) in [6.45, 7) is -1.17. The van der Waals surface area contributed by atoms with Crippen LogP contribution in [0.1, 0.15) is 0 Å². The SMILES string of the molecule is O=C(CO)Oc1c(F)c(F)cc(F)c1F. The Morgan fingerprint density at radius 2 is 1.67 bits per heavy atom. The zero-order valence-electron chi connectivity index (χ0n) is 7.06. The molecule has 1 rings (SSSR count). The number of aliphatic hydroxyl groups excluding tert-OH is 1. The Hall–Kier alpha value is -1.63. The second-order valence-corrected chi connectivity index (χ2v) is 2.43. The topological polar surface area (TPSA) is 46.5 Å². The van der Waals surface area contributed by atoms with Crippen LogP contribution in [0.3, 0.4) is 0 Å². The molecule has 1 aromatic carbocycles. The number of carbonyl (C=O) groups is 1. The van der Waals surface area contributed by atoms with Crippen LogP contribution in [-0.2, 0) is 4.79 Å².